The topological polar surface area (TPSA) is 88.6 Å². The maximum absolute atomic E-state index is 12.3. The Kier molecular flexibility index (Phi) is 4.31. The lowest BCUT2D eigenvalue weighted by molar-refractivity contribution is -0.117. The molecule has 0 radical (unpaired) electrons. The molecular formula is C18H20N4O3. The molecule has 1 amide bonds. The van der Waals surface area contributed by atoms with E-state index in [2.05, 4.69) is 10.4 Å². The molecule has 130 valence electrons. The van der Waals surface area contributed by atoms with Crippen molar-refractivity contribution in [2.24, 2.45) is 0 Å². The molecule has 0 aliphatic carbocycles. The molecule has 0 fully saturated rings. The van der Waals surface area contributed by atoms with Gasteiger partial charge in [0.1, 0.15) is 12.3 Å². The van der Waals surface area contributed by atoms with Gasteiger partial charge >= 0.3 is 5.69 Å². The van der Waals surface area contributed by atoms with Gasteiger partial charge in [-0.2, -0.15) is 0 Å². The number of anilines is 1. The highest BCUT2D eigenvalue weighted by atomic mass is 16.3. The van der Waals surface area contributed by atoms with Crippen LogP contribution in [0.15, 0.2) is 41.3 Å². The van der Waals surface area contributed by atoms with Crippen LogP contribution in [-0.4, -0.2) is 25.2 Å². The number of rotatable bonds is 4. The summed E-state index contributed by atoms with van der Waals surface area (Å²) in [5.41, 5.74) is 2.24. The minimum atomic E-state index is -0.365. The van der Waals surface area contributed by atoms with Crippen LogP contribution >= 0.6 is 0 Å². The number of hydrogen-bond acceptors (Lipinski definition) is 4. The van der Waals surface area contributed by atoms with Crippen LogP contribution < -0.4 is 11.0 Å². The van der Waals surface area contributed by atoms with E-state index in [1.165, 1.54) is 4.40 Å². The molecule has 0 atom stereocenters. The van der Waals surface area contributed by atoms with Crippen molar-refractivity contribution in [1.29, 1.82) is 0 Å². The highest BCUT2D eigenvalue weighted by Crippen LogP contribution is 2.31. The van der Waals surface area contributed by atoms with Crippen molar-refractivity contribution < 1.29 is 9.90 Å². The Labute approximate surface area is 144 Å². The molecule has 3 aromatic rings. The van der Waals surface area contributed by atoms with E-state index in [4.69, 9.17) is 0 Å². The smallest absolute Gasteiger partial charge is 0.350 e. The number of pyridine rings is 1. The number of phenols is 1. The molecule has 7 nitrogen and oxygen atoms in total. The fourth-order valence-electron chi connectivity index (χ4n) is 2.70. The summed E-state index contributed by atoms with van der Waals surface area (Å²) in [5, 5.41) is 16.9. The fourth-order valence-corrected chi connectivity index (χ4v) is 2.70. The second-order valence-electron chi connectivity index (χ2n) is 6.30. The molecule has 0 unspecified atom stereocenters. The van der Waals surface area contributed by atoms with Crippen LogP contribution in [0, 0.1) is 6.92 Å². The molecule has 0 aliphatic rings. The van der Waals surface area contributed by atoms with Gasteiger partial charge in [-0.15, -0.1) is 5.10 Å². The summed E-state index contributed by atoms with van der Waals surface area (Å²) in [4.78, 5) is 24.6. The lowest BCUT2D eigenvalue weighted by Gasteiger charge is -2.14. The monoisotopic (exact) mass is 340 g/mol. The fraction of sp³-hybridized carbons (Fsp3) is 0.278. The van der Waals surface area contributed by atoms with Crippen molar-refractivity contribution in [3.63, 3.8) is 0 Å². The Hall–Kier alpha value is -3.09. The third-order valence-electron chi connectivity index (χ3n) is 4.05. The van der Waals surface area contributed by atoms with E-state index in [1.54, 1.807) is 43.5 Å². The predicted molar refractivity (Wildman–Crippen MR) is 95.0 cm³/mol. The average molecular weight is 340 g/mol. The molecule has 1 aromatic carbocycles. The molecule has 0 bridgehead atoms. The molecule has 0 saturated carbocycles. The van der Waals surface area contributed by atoms with Gasteiger partial charge in [0, 0.05) is 11.9 Å². The molecule has 0 saturated heterocycles. The number of aryl methyl sites for hydroxylation is 1. The summed E-state index contributed by atoms with van der Waals surface area (Å²) in [6.45, 7) is 5.55. The number of nitrogens with one attached hydrogen (secondary N) is 1. The van der Waals surface area contributed by atoms with Gasteiger partial charge in [0.15, 0.2) is 5.65 Å². The van der Waals surface area contributed by atoms with E-state index in [1.807, 2.05) is 13.8 Å². The quantitative estimate of drug-likeness (QED) is 0.713. The SMILES string of the molecule is Cc1cc(O)c(C(C)C)cc1NC(=O)Cn1nc2ccccn2c1=O. The predicted octanol–water partition coefficient (Wildman–Crippen LogP) is 2.27. The van der Waals surface area contributed by atoms with Gasteiger partial charge in [-0.05, 0) is 48.2 Å². The maximum atomic E-state index is 12.3. The number of nitrogens with zero attached hydrogens (tertiary/aromatic N) is 3. The molecule has 2 heterocycles. The first-order valence-corrected chi connectivity index (χ1v) is 8.04. The zero-order chi connectivity index (χ0) is 18.1. The normalized spacial score (nSPS) is 11.2. The lowest BCUT2D eigenvalue weighted by Crippen LogP contribution is -2.28. The van der Waals surface area contributed by atoms with Crippen LogP contribution in [0.1, 0.15) is 30.9 Å². The van der Waals surface area contributed by atoms with Crippen molar-refractivity contribution in [2.75, 3.05) is 5.32 Å². The third kappa shape index (κ3) is 3.26. The second-order valence-corrected chi connectivity index (χ2v) is 6.30. The summed E-state index contributed by atoms with van der Waals surface area (Å²) in [7, 11) is 0. The third-order valence-corrected chi connectivity index (χ3v) is 4.05. The second kappa shape index (κ2) is 6.43. The van der Waals surface area contributed by atoms with Gasteiger partial charge in [0.05, 0.1) is 0 Å². The molecule has 2 N–H and O–H groups in total. The first kappa shape index (κ1) is 16.8. The van der Waals surface area contributed by atoms with Gasteiger partial charge in [0.2, 0.25) is 5.91 Å². The Balaban J connectivity index is 1.84. The average Bonchev–Trinajstić information content (AvgIpc) is 2.86. The first-order chi connectivity index (χ1) is 11.9. The standard InChI is InChI=1S/C18H20N4O3/c1-11(2)13-9-14(12(3)8-15(13)23)19-17(24)10-22-18(25)21-7-5-4-6-16(21)20-22/h4-9,11,23H,10H2,1-3H3,(H,19,24). The minimum absolute atomic E-state index is 0.123. The Bertz CT molecular complexity index is 1000. The van der Waals surface area contributed by atoms with Crippen molar-refractivity contribution in [3.8, 4) is 5.75 Å². The summed E-state index contributed by atoms with van der Waals surface area (Å²) >= 11 is 0. The molecule has 25 heavy (non-hydrogen) atoms. The highest BCUT2D eigenvalue weighted by Gasteiger charge is 2.14. The largest absolute Gasteiger partial charge is 0.508 e. The summed E-state index contributed by atoms with van der Waals surface area (Å²) in [6.07, 6.45) is 1.61. The molecule has 7 heteroatoms. The zero-order valence-electron chi connectivity index (χ0n) is 14.4. The molecular weight excluding hydrogens is 320 g/mol. The summed E-state index contributed by atoms with van der Waals surface area (Å²) < 4.78 is 2.51. The number of amides is 1. The van der Waals surface area contributed by atoms with Crippen LogP contribution in [0.4, 0.5) is 5.69 Å². The number of hydrogen-bond donors (Lipinski definition) is 2. The highest BCUT2D eigenvalue weighted by molar-refractivity contribution is 5.91. The van der Waals surface area contributed by atoms with E-state index in [0.29, 0.717) is 11.3 Å². The molecule has 2 aromatic heterocycles. The Morgan fingerprint density at radius 1 is 1.32 bits per heavy atom. The van der Waals surface area contributed by atoms with Crippen LogP contribution in [0.3, 0.4) is 0 Å². The number of fused-ring (bicyclic) bond motifs is 1. The van der Waals surface area contributed by atoms with E-state index in [0.717, 1.165) is 15.8 Å². The number of carbonyl (C=O) groups excluding carboxylic acids is 1. The number of benzene rings is 1. The Morgan fingerprint density at radius 2 is 2.08 bits per heavy atom. The van der Waals surface area contributed by atoms with Gasteiger partial charge in [0.25, 0.3) is 0 Å². The van der Waals surface area contributed by atoms with Crippen LogP contribution in [0.25, 0.3) is 5.65 Å². The van der Waals surface area contributed by atoms with Crippen LogP contribution in [0.5, 0.6) is 5.75 Å². The van der Waals surface area contributed by atoms with Crippen molar-refractivity contribution in [3.05, 3.63) is 58.1 Å². The summed E-state index contributed by atoms with van der Waals surface area (Å²) in [6, 6.07) is 8.60. The maximum Gasteiger partial charge on any atom is 0.350 e. The number of carbonyl (C=O) groups is 1. The van der Waals surface area contributed by atoms with Crippen molar-refractivity contribution >= 4 is 17.2 Å². The molecule has 0 aliphatic heterocycles. The van der Waals surface area contributed by atoms with Crippen LogP contribution in [-0.2, 0) is 11.3 Å². The van der Waals surface area contributed by atoms with Crippen molar-refractivity contribution in [2.45, 2.75) is 33.2 Å². The number of aromatic nitrogens is 3. The Morgan fingerprint density at radius 3 is 2.76 bits per heavy atom. The number of aromatic hydroxyl groups is 1. The number of phenolic OH excluding ortho intramolecular Hbond substituents is 1. The van der Waals surface area contributed by atoms with Crippen LogP contribution in [0.2, 0.25) is 0 Å². The van der Waals surface area contributed by atoms with Crippen molar-refractivity contribution in [1.82, 2.24) is 14.2 Å². The molecule has 3 rings (SSSR count). The first-order valence-electron chi connectivity index (χ1n) is 8.04. The lowest BCUT2D eigenvalue weighted by atomic mass is 9.99. The van der Waals surface area contributed by atoms with E-state index < -0.39 is 0 Å². The zero-order valence-corrected chi connectivity index (χ0v) is 14.4. The molecule has 0 spiro atoms. The van der Waals surface area contributed by atoms with Gasteiger partial charge in [-0.25, -0.2) is 9.48 Å². The van der Waals surface area contributed by atoms with Gasteiger partial charge in [-0.3, -0.25) is 9.20 Å². The minimum Gasteiger partial charge on any atom is -0.508 e. The summed E-state index contributed by atoms with van der Waals surface area (Å²) in [5.74, 6) is -0.0200. The van der Waals surface area contributed by atoms with E-state index in [-0.39, 0.29) is 29.8 Å². The van der Waals surface area contributed by atoms with E-state index >= 15 is 0 Å². The van der Waals surface area contributed by atoms with Gasteiger partial charge < -0.3 is 10.4 Å². The van der Waals surface area contributed by atoms with Gasteiger partial charge in [-0.1, -0.05) is 19.9 Å². The van der Waals surface area contributed by atoms with E-state index in [9.17, 15) is 14.7 Å².